The monoisotopic (exact) mass is 340 g/mol. The van der Waals surface area contributed by atoms with Crippen LogP contribution in [0.15, 0.2) is 36.7 Å². The Kier molecular flexibility index (Phi) is 4.01. The molecular formula is C18H20N4O3. The smallest absolute Gasteiger partial charge is 0.254 e. The molecule has 4 rings (SSSR count). The van der Waals surface area contributed by atoms with Gasteiger partial charge in [0.25, 0.3) is 5.91 Å². The molecule has 2 saturated heterocycles. The molecule has 2 fully saturated rings. The van der Waals surface area contributed by atoms with E-state index in [2.05, 4.69) is 9.97 Å². The summed E-state index contributed by atoms with van der Waals surface area (Å²) in [5.41, 5.74) is 1.37. The van der Waals surface area contributed by atoms with Crippen LogP contribution < -0.4 is 0 Å². The quantitative estimate of drug-likeness (QED) is 0.889. The average molecular weight is 340 g/mol. The molecule has 1 aromatic heterocycles. The van der Waals surface area contributed by atoms with Crippen molar-refractivity contribution in [1.82, 2.24) is 19.8 Å². The van der Waals surface area contributed by atoms with Crippen LogP contribution in [-0.4, -0.2) is 70.5 Å². The fourth-order valence-electron chi connectivity index (χ4n) is 3.58. The Morgan fingerprint density at radius 3 is 2.96 bits per heavy atom. The SMILES string of the molecule is CN1C(=O)CCO[C@H]2CN(C(=O)c3ccccc3-c3ncc[nH]3)C[C@@H]21. The minimum atomic E-state index is -0.129. The van der Waals surface area contributed by atoms with Crippen LogP contribution in [-0.2, 0) is 9.53 Å². The molecule has 2 aromatic rings. The van der Waals surface area contributed by atoms with Crippen LogP contribution in [0, 0.1) is 0 Å². The van der Waals surface area contributed by atoms with Gasteiger partial charge in [0.15, 0.2) is 0 Å². The van der Waals surface area contributed by atoms with Gasteiger partial charge in [0.1, 0.15) is 5.82 Å². The number of carbonyl (C=O) groups is 2. The molecule has 1 N–H and O–H groups in total. The van der Waals surface area contributed by atoms with E-state index in [0.717, 1.165) is 5.56 Å². The predicted octanol–water partition coefficient (Wildman–Crippen LogP) is 1.15. The molecule has 0 radical (unpaired) electrons. The van der Waals surface area contributed by atoms with E-state index in [1.807, 2.05) is 24.3 Å². The number of aromatic nitrogens is 2. The van der Waals surface area contributed by atoms with Crippen molar-refractivity contribution in [3.63, 3.8) is 0 Å². The third-order valence-corrected chi connectivity index (χ3v) is 4.97. The number of rotatable bonds is 2. The maximum absolute atomic E-state index is 13.1. The summed E-state index contributed by atoms with van der Waals surface area (Å²) in [6.07, 6.45) is 3.67. The highest BCUT2D eigenvalue weighted by atomic mass is 16.5. The lowest BCUT2D eigenvalue weighted by molar-refractivity contribution is -0.131. The number of nitrogens with zero attached hydrogens (tertiary/aromatic N) is 3. The minimum Gasteiger partial charge on any atom is -0.374 e. The van der Waals surface area contributed by atoms with Crippen LogP contribution >= 0.6 is 0 Å². The first-order valence-corrected chi connectivity index (χ1v) is 8.40. The van der Waals surface area contributed by atoms with Crippen LogP contribution in [0.3, 0.4) is 0 Å². The molecule has 25 heavy (non-hydrogen) atoms. The van der Waals surface area contributed by atoms with Crippen molar-refractivity contribution in [2.75, 3.05) is 26.7 Å². The summed E-state index contributed by atoms with van der Waals surface area (Å²) in [5.74, 6) is 0.670. The number of H-pyrrole nitrogens is 1. The average Bonchev–Trinajstić information content (AvgIpc) is 3.28. The molecule has 2 aliphatic rings. The topological polar surface area (TPSA) is 78.5 Å². The molecule has 7 nitrogen and oxygen atoms in total. The van der Waals surface area contributed by atoms with Crippen LogP contribution in [0.2, 0.25) is 0 Å². The summed E-state index contributed by atoms with van der Waals surface area (Å²) < 4.78 is 5.81. The molecule has 130 valence electrons. The molecule has 0 unspecified atom stereocenters. The number of imidazole rings is 1. The van der Waals surface area contributed by atoms with E-state index >= 15 is 0 Å². The van der Waals surface area contributed by atoms with Crippen molar-refractivity contribution in [2.45, 2.75) is 18.6 Å². The highest BCUT2D eigenvalue weighted by molar-refractivity contribution is 6.00. The summed E-state index contributed by atoms with van der Waals surface area (Å²) in [6, 6.07) is 7.34. The number of aromatic amines is 1. The number of carbonyl (C=O) groups excluding carboxylic acids is 2. The predicted molar refractivity (Wildman–Crippen MR) is 90.8 cm³/mol. The van der Waals surface area contributed by atoms with Crippen LogP contribution in [0.1, 0.15) is 16.8 Å². The Hall–Kier alpha value is -2.67. The number of benzene rings is 1. The van der Waals surface area contributed by atoms with Gasteiger partial charge in [-0.2, -0.15) is 0 Å². The molecule has 0 aliphatic carbocycles. The number of likely N-dealkylation sites (N-methyl/N-ethyl adjacent to an activating group) is 1. The van der Waals surface area contributed by atoms with Gasteiger partial charge >= 0.3 is 0 Å². The van der Waals surface area contributed by atoms with Crippen molar-refractivity contribution in [2.24, 2.45) is 0 Å². The lowest BCUT2D eigenvalue weighted by Crippen LogP contribution is -2.43. The van der Waals surface area contributed by atoms with E-state index in [-0.39, 0.29) is 24.0 Å². The number of ether oxygens (including phenoxy) is 1. The van der Waals surface area contributed by atoms with E-state index in [0.29, 0.717) is 37.5 Å². The largest absolute Gasteiger partial charge is 0.374 e. The van der Waals surface area contributed by atoms with Gasteiger partial charge in [-0.3, -0.25) is 9.59 Å². The van der Waals surface area contributed by atoms with Crippen molar-refractivity contribution in [3.8, 4) is 11.4 Å². The maximum atomic E-state index is 13.1. The number of hydrogen-bond acceptors (Lipinski definition) is 4. The van der Waals surface area contributed by atoms with Gasteiger partial charge in [0, 0.05) is 38.1 Å². The third kappa shape index (κ3) is 2.80. The van der Waals surface area contributed by atoms with Crippen LogP contribution in [0.5, 0.6) is 0 Å². The molecule has 0 bridgehead atoms. The Balaban J connectivity index is 1.60. The molecule has 1 aromatic carbocycles. The first kappa shape index (κ1) is 15.8. The van der Waals surface area contributed by atoms with Gasteiger partial charge in [-0.25, -0.2) is 4.98 Å². The number of amides is 2. The van der Waals surface area contributed by atoms with E-state index in [9.17, 15) is 9.59 Å². The zero-order valence-electron chi connectivity index (χ0n) is 14.0. The second-order valence-corrected chi connectivity index (χ2v) is 6.42. The van der Waals surface area contributed by atoms with E-state index < -0.39 is 0 Å². The Morgan fingerprint density at radius 2 is 2.16 bits per heavy atom. The molecule has 0 saturated carbocycles. The van der Waals surface area contributed by atoms with Gasteiger partial charge < -0.3 is 19.5 Å². The summed E-state index contributed by atoms with van der Waals surface area (Å²) in [7, 11) is 1.79. The Bertz CT molecular complexity index is 789. The molecule has 2 amide bonds. The lowest BCUT2D eigenvalue weighted by Gasteiger charge is -2.25. The summed E-state index contributed by atoms with van der Waals surface area (Å²) in [6.45, 7) is 1.39. The van der Waals surface area contributed by atoms with Gasteiger partial charge in [-0.15, -0.1) is 0 Å². The standard InChI is InChI=1S/C18H20N4O3/c1-21-14-10-22(11-15(14)25-9-6-16(21)23)18(24)13-5-3-2-4-12(13)17-19-7-8-20-17/h2-5,7-8,14-15H,6,9-11H2,1H3,(H,19,20)/t14-,15-/m0/s1. The van der Waals surface area contributed by atoms with Crippen LogP contribution in [0.4, 0.5) is 0 Å². The number of hydrogen-bond donors (Lipinski definition) is 1. The number of nitrogens with one attached hydrogen (secondary N) is 1. The van der Waals surface area contributed by atoms with Gasteiger partial charge in [-0.1, -0.05) is 18.2 Å². The molecule has 3 heterocycles. The molecular weight excluding hydrogens is 320 g/mol. The lowest BCUT2D eigenvalue weighted by atomic mass is 10.1. The van der Waals surface area contributed by atoms with Crippen molar-refractivity contribution in [3.05, 3.63) is 42.2 Å². The van der Waals surface area contributed by atoms with Crippen LogP contribution in [0.25, 0.3) is 11.4 Å². The first-order chi connectivity index (χ1) is 12.1. The van der Waals surface area contributed by atoms with Crippen molar-refractivity contribution >= 4 is 11.8 Å². The zero-order chi connectivity index (χ0) is 17.4. The molecule has 2 aliphatic heterocycles. The van der Waals surface area contributed by atoms with Crippen molar-refractivity contribution in [1.29, 1.82) is 0 Å². The van der Waals surface area contributed by atoms with Crippen molar-refractivity contribution < 1.29 is 14.3 Å². The first-order valence-electron chi connectivity index (χ1n) is 8.40. The zero-order valence-corrected chi connectivity index (χ0v) is 14.0. The maximum Gasteiger partial charge on any atom is 0.254 e. The fourth-order valence-corrected chi connectivity index (χ4v) is 3.58. The highest BCUT2D eigenvalue weighted by Gasteiger charge is 2.41. The minimum absolute atomic E-state index is 0.0653. The summed E-state index contributed by atoms with van der Waals surface area (Å²) in [5, 5.41) is 0. The normalized spacial score (nSPS) is 23.5. The molecule has 2 atom stereocenters. The highest BCUT2D eigenvalue weighted by Crippen LogP contribution is 2.26. The number of likely N-dealkylation sites (tertiary alicyclic amines) is 1. The second-order valence-electron chi connectivity index (χ2n) is 6.42. The third-order valence-electron chi connectivity index (χ3n) is 4.97. The summed E-state index contributed by atoms with van der Waals surface area (Å²) in [4.78, 5) is 36.0. The summed E-state index contributed by atoms with van der Waals surface area (Å²) >= 11 is 0. The van der Waals surface area contributed by atoms with E-state index in [1.54, 1.807) is 29.2 Å². The Labute approximate surface area is 145 Å². The van der Waals surface area contributed by atoms with E-state index in [1.165, 1.54) is 0 Å². The van der Waals surface area contributed by atoms with Gasteiger partial charge in [0.05, 0.1) is 30.7 Å². The second kappa shape index (κ2) is 6.33. The molecule has 0 spiro atoms. The van der Waals surface area contributed by atoms with Gasteiger partial charge in [0.2, 0.25) is 5.91 Å². The van der Waals surface area contributed by atoms with Gasteiger partial charge in [-0.05, 0) is 6.07 Å². The fraction of sp³-hybridized carbons (Fsp3) is 0.389. The van der Waals surface area contributed by atoms with E-state index in [4.69, 9.17) is 4.74 Å². The number of fused-ring (bicyclic) bond motifs is 1. The molecule has 7 heteroatoms. The Morgan fingerprint density at radius 1 is 1.32 bits per heavy atom.